The third-order valence-corrected chi connectivity index (χ3v) is 2.37. The quantitative estimate of drug-likeness (QED) is 0.655. The zero-order chi connectivity index (χ0) is 13.5. The minimum absolute atomic E-state index is 0.211. The first-order valence-corrected chi connectivity index (χ1v) is 5.88. The fourth-order valence-corrected chi connectivity index (χ4v) is 1.48. The van der Waals surface area contributed by atoms with Crippen molar-refractivity contribution in [1.82, 2.24) is 19.6 Å². The first-order valence-electron chi connectivity index (χ1n) is 5.88. The molecule has 0 bridgehead atoms. The van der Waals surface area contributed by atoms with E-state index in [2.05, 4.69) is 15.1 Å². The fourth-order valence-electron chi connectivity index (χ4n) is 1.48. The standard InChI is InChI=1S/C11H16N4O4/c1-17-2-3-18-4-5-19-7-9-6-10(16)15-11(14-9)12-8-13-15/h6,8H,2-5,7H2,1H3,(H,12,13,14). The summed E-state index contributed by atoms with van der Waals surface area (Å²) in [5.41, 5.74) is 0.339. The molecule has 104 valence electrons. The van der Waals surface area contributed by atoms with Crippen LogP contribution in [0.1, 0.15) is 5.69 Å². The summed E-state index contributed by atoms with van der Waals surface area (Å²) < 4.78 is 16.7. The lowest BCUT2D eigenvalue weighted by Gasteiger charge is -2.05. The Morgan fingerprint density at radius 3 is 2.89 bits per heavy atom. The summed E-state index contributed by atoms with van der Waals surface area (Å²) in [6.45, 7) is 2.28. The normalized spacial score (nSPS) is 11.2. The summed E-state index contributed by atoms with van der Waals surface area (Å²) in [6.07, 6.45) is 1.41. The van der Waals surface area contributed by atoms with Crippen molar-refractivity contribution in [3.8, 4) is 0 Å². The van der Waals surface area contributed by atoms with Crippen LogP contribution in [0, 0.1) is 0 Å². The van der Waals surface area contributed by atoms with Crippen molar-refractivity contribution in [1.29, 1.82) is 0 Å². The smallest absolute Gasteiger partial charge is 0.274 e. The average Bonchev–Trinajstić information content (AvgIpc) is 2.86. The summed E-state index contributed by atoms with van der Waals surface area (Å²) >= 11 is 0. The highest BCUT2D eigenvalue weighted by molar-refractivity contribution is 5.25. The molecule has 1 N–H and O–H groups in total. The number of aromatic nitrogens is 4. The van der Waals surface area contributed by atoms with E-state index in [1.54, 1.807) is 7.11 Å². The summed E-state index contributed by atoms with van der Waals surface area (Å²) in [4.78, 5) is 19.7. The Labute approximate surface area is 109 Å². The zero-order valence-electron chi connectivity index (χ0n) is 10.7. The molecule has 8 heteroatoms. The predicted octanol–water partition coefficient (Wildman–Crippen LogP) is -0.403. The van der Waals surface area contributed by atoms with Crippen LogP contribution in [0.2, 0.25) is 0 Å². The maximum absolute atomic E-state index is 11.6. The number of ether oxygens (including phenoxy) is 3. The van der Waals surface area contributed by atoms with Crippen molar-refractivity contribution < 1.29 is 14.2 Å². The van der Waals surface area contributed by atoms with Gasteiger partial charge in [0.25, 0.3) is 11.3 Å². The van der Waals surface area contributed by atoms with Gasteiger partial charge in [0.05, 0.1) is 38.7 Å². The third kappa shape index (κ3) is 3.85. The SMILES string of the molecule is COCCOCCOCc1cc(=O)n2[nH]cnc2n1. The van der Waals surface area contributed by atoms with E-state index in [0.717, 1.165) is 0 Å². The summed E-state index contributed by atoms with van der Waals surface area (Å²) in [6, 6.07) is 1.41. The predicted molar refractivity (Wildman–Crippen MR) is 66.0 cm³/mol. The van der Waals surface area contributed by atoms with E-state index in [-0.39, 0.29) is 12.2 Å². The second-order valence-corrected chi connectivity index (χ2v) is 3.77. The van der Waals surface area contributed by atoms with Gasteiger partial charge in [-0.1, -0.05) is 0 Å². The van der Waals surface area contributed by atoms with E-state index >= 15 is 0 Å². The number of aromatic amines is 1. The van der Waals surface area contributed by atoms with Crippen molar-refractivity contribution in [2.45, 2.75) is 6.61 Å². The maximum Gasteiger partial charge on any atom is 0.274 e. The second-order valence-electron chi connectivity index (χ2n) is 3.77. The maximum atomic E-state index is 11.6. The molecule has 2 heterocycles. The van der Waals surface area contributed by atoms with Gasteiger partial charge in [0.1, 0.15) is 6.33 Å². The molecule has 0 aromatic carbocycles. The lowest BCUT2D eigenvalue weighted by atomic mass is 10.4. The fraction of sp³-hybridized carbons (Fsp3) is 0.545. The number of nitrogens with one attached hydrogen (secondary N) is 1. The van der Waals surface area contributed by atoms with Gasteiger partial charge in [-0.05, 0) is 0 Å². The Balaban J connectivity index is 1.77. The molecular formula is C11H16N4O4. The Hall–Kier alpha value is -1.77. The molecule has 0 radical (unpaired) electrons. The Bertz CT molecular complexity index is 565. The molecule has 0 saturated carbocycles. The molecule has 2 rings (SSSR count). The molecule has 2 aromatic rings. The second kappa shape index (κ2) is 6.98. The van der Waals surface area contributed by atoms with Crippen molar-refractivity contribution in [3.05, 3.63) is 28.4 Å². The highest BCUT2D eigenvalue weighted by Crippen LogP contribution is 1.96. The number of H-pyrrole nitrogens is 1. The lowest BCUT2D eigenvalue weighted by Crippen LogP contribution is -2.16. The van der Waals surface area contributed by atoms with E-state index < -0.39 is 0 Å². The molecule has 0 aliphatic rings. The van der Waals surface area contributed by atoms with E-state index in [0.29, 0.717) is 37.9 Å². The number of hydrogen-bond acceptors (Lipinski definition) is 6. The molecule has 0 amide bonds. The molecular weight excluding hydrogens is 252 g/mol. The van der Waals surface area contributed by atoms with Gasteiger partial charge in [-0.25, -0.2) is 9.97 Å². The van der Waals surface area contributed by atoms with Gasteiger partial charge >= 0.3 is 0 Å². The molecule has 8 nitrogen and oxygen atoms in total. The van der Waals surface area contributed by atoms with Gasteiger partial charge in [0, 0.05) is 13.2 Å². The van der Waals surface area contributed by atoms with Crippen LogP contribution in [-0.2, 0) is 20.8 Å². The van der Waals surface area contributed by atoms with E-state index in [4.69, 9.17) is 14.2 Å². The van der Waals surface area contributed by atoms with Crippen molar-refractivity contribution >= 4 is 5.78 Å². The molecule has 0 saturated heterocycles. The Kier molecular flexibility index (Phi) is 5.01. The van der Waals surface area contributed by atoms with Gasteiger partial charge in [0.15, 0.2) is 0 Å². The van der Waals surface area contributed by atoms with Gasteiger partial charge in [-0.3, -0.25) is 9.89 Å². The number of methoxy groups -OCH3 is 1. The summed E-state index contributed by atoms with van der Waals surface area (Å²) in [5.74, 6) is 0.336. The van der Waals surface area contributed by atoms with E-state index in [1.807, 2.05) is 0 Å². The van der Waals surface area contributed by atoms with Crippen LogP contribution in [0.15, 0.2) is 17.2 Å². The first-order chi connectivity index (χ1) is 9.31. The highest BCUT2D eigenvalue weighted by atomic mass is 16.5. The van der Waals surface area contributed by atoms with Crippen LogP contribution in [-0.4, -0.2) is 53.1 Å². The molecule has 0 aliphatic heterocycles. The lowest BCUT2D eigenvalue weighted by molar-refractivity contribution is 0.0192. The Morgan fingerprint density at radius 1 is 1.26 bits per heavy atom. The minimum Gasteiger partial charge on any atom is -0.382 e. The van der Waals surface area contributed by atoms with Crippen molar-refractivity contribution in [2.75, 3.05) is 33.5 Å². The highest BCUT2D eigenvalue weighted by Gasteiger charge is 2.03. The molecule has 2 aromatic heterocycles. The molecule has 0 spiro atoms. The average molecular weight is 268 g/mol. The zero-order valence-corrected chi connectivity index (χ0v) is 10.7. The van der Waals surface area contributed by atoms with Crippen LogP contribution >= 0.6 is 0 Å². The number of fused-ring (bicyclic) bond motifs is 1. The van der Waals surface area contributed by atoms with Crippen LogP contribution in [0.25, 0.3) is 5.78 Å². The number of rotatable bonds is 8. The summed E-state index contributed by atoms with van der Waals surface area (Å²) in [7, 11) is 1.62. The van der Waals surface area contributed by atoms with Gasteiger partial charge in [-0.15, -0.1) is 0 Å². The van der Waals surface area contributed by atoms with E-state index in [1.165, 1.54) is 16.9 Å². The van der Waals surface area contributed by atoms with E-state index in [9.17, 15) is 4.79 Å². The van der Waals surface area contributed by atoms with Crippen molar-refractivity contribution in [2.24, 2.45) is 0 Å². The van der Waals surface area contributed by atoms with Crippen LogP contribution in [0.5, 0.6) is 0 Å². The Morgan fingerprint density at radius 2 is 2.05 bits per heavy atom. The van der Waals surface area contributed by atoms with Gasteiger partial charge in [0.2, 0.25) is 0 Å². The van der Waals surface area contributed by atoms with Crippen LogP contribution < -0.4 is 5.56 Å². The molecule has 19 heavy (non-hydrogen) atoms. The monoisotopic (exact) mass is 268 g/mol. The first kappa shape index (κ1) is 13.7. The minimum atomic E-state index is -0.211. The third-order valence-electron chi connectivity index (χ3n) is 2.37. The summed E-state index contributed by atoms with van der Waals surface area (Å²) in [5, 5.41) is 2.67. The molecule has 0 aliphatic carbocycles. The number of nitrogens with zero attached hydrogens (tertiary/aromatic N) is 3. The number of hydrogen-bond donors (Lipinski definition) is 1. The van der Waals surface area contributed by atoms with Crippen molar-refractivity contribution in [3.63, 3.8) is 0 Å². The largest absolute Gasteiger partial charge is 0.382 e. The van der Waals surface area contributed by atoms with Gasteiger partial charge < -0.3 is 14.2 Å². The molecule has 0 unspecified atom stereocenters. The molecule has 0 atom stereocenters. The van der Waals surface area contributed by atoms with Gasteiger partial charge in [-0.2, -0.15) is 4.52 Å². The topological polar surface area (TPSA) is 90.7 Å². The molecule has 0 fully saturated rings. The van der Waals surface area contributed by atoms with Crippen LogP contribution in [0.4, 0.5) is 0 Å². The van der Waals surface area contributed by atoms with Crippen LogP contribution in [0.3, 0.4) is 0 Å².